The lowest BCUT2D eigenvalue weighted by molar-refractivity contribution is -0.138. The molecule has 0 bridgehead atoms. The maximum Gasteiger partial charge on any atom is 0.305 e. The molecule has 8 heteroatoms. The minimum absolute atomic E-state index is 0.102. The van der Waals surface area contributed by atoms with Crippen LogP contribution in [0.2, 0.25) is 0 Å². The van der Waals surface area contributed by atoms with Gasteiger partial charge in [-0.25, -0.2) is 0 Å². The summed E-state index contributed by atoms with van der Waals surface area (Å²) in [6, 6.07) is 8.68. The van der Waals surface area contributed by atoms with Gasteiger partial charge in [-0.05, 0) is 12.1 Å². The molecule has 0 spiro atoms. The molecule has 116 valence electrons. The van der Waals surface area contributed by atoms with E-state index >= 15 is 0 Å². The lowest BCUT2D eigenvalue weighted by Crippen LogP contribution is -2.35. The van der Waals surface area contributed by atoms with Gasteiger partial charge in [0.15, 0.2) is 0 Å². The van der Waals surface area contributed by atoms with E-state index in [1.807, 2.05) is 30.3 Å². The van der Waals surface area contributed by atoms with Crippen molar-refractivity contribution in [2.45, 2.75) is 19.4 Å². The predicted octanol–water partition coefficient (Wildman–Crippen LogP) is 0.834. The molecule has 0 radical (unpaired) electrons. The number of tetrazole rings is 1. The second-order valence-electron chi connectivity index (χ2n) is 4.88. The number of aliphatic carboxylic acids is 1. The minimum Gasteiger partial charge on any atom is -0.481 e. The molecule has 1 N–H and O–H groups in total. The third-order valence-electron chi connectivity index (χ3n) is 3.20. The average molecular weight is 303 g/mol. The van der Waals surface area contributed by atoms with Crippen LogP contribution in [0.1, 0.15) is 19.4 Å². The molecule has 1 aromatic carbocycles. The second-order valence-corrected chi connectivity index (χ2v) is 4.88. The van der Waals surface area contributed by atoms with Crippen molar-refractivity contribution in [1.82, 2.24) is 25.1 Å². The fraction of sp³-hybridized carbons (Fsp3) is 0.357. The van der Waals surface area contributed by atoms with E-state index in [1.54, 1.807) is 14.0 Å². The molecule has 0 aliphatic heterocycles. The molecule has 0 saturated heterocycles. The van der Waals surface area contributed by atoms with Crippen LogP contribution in [-0.2, 0) is 9.59 Å². The molecule has 0 aliphatic rings. The Morgan fingerprint density at radius 3 is 2.64 bits per heavy atom. The van der Waals surface area contributed by atoms with Crippen molar-refractivity contribution < 1.29 is 14.7 Å². The highest BCUT2D eigenvalue weighted by Crippen LogP contribution is 2.14. The molecule has 8 nitrogen and oxygen atoms in total. The summed E-state index contributed by atoms with van der Waals surface area (Å²) in [7, 11) is 1.55. The van der Waals surface area contributed by atoms with Gasteiger partial charge in [-0.1, -0.05) is 30.3 Å². The van der Waals surface area contributed by atoms with Gasteiger partial charge in [0.1, 0.15) is 6.04 Å². The molecule has 1 atom stereocenters. The number of hydrogen-bond donors (Lipinski definition) is 1. The van der Waals surface area contributed by atoms with Crippen molar-refractivity contribution in [1.29, 1.82) is 0 Å². The van der Waals surface area contributed by atoms with Crippen LogP contribution in [0.3, 0.4) is 0 Å². The minimum atomic E-state index is -0.947. The third kappa shape index (κ3) is 3.66. The quantitative estimate of drug-likeness (QED) is 0.848. The van der Waals surface area contributed by atoms with Crippen molar-refractivity contribution in [3.05, 3.63) is 30.3 Å². The zero-order valence-electron chi connectivity index (χ0n) is 12.4. The number of benzene rings is 1. The molecular formula is C14H17N5O3. The summed E-state index contributed by atoms with van der Waals surface area (Å²) >= 11 is 0. The number of amides is 1. The van der Waals surface area contributed by atoms with E-state index in [-0.39, 0.29) is 18.9 Å². The van der Waals surface area contributed by atoms with Crippen LogP contribution in [-0.4, -0.2) is 55.7 Å². The lowest BCUT2D eigenvalue weighted by Gasteiger charge is -2.19. The Bertz CT molecular complexity index is 656. The summed E-state index contributed by atoms with van der Waals surface area (Å²) in [6.45, 7) is 1.79. The predicted molar refractivity (Wildman–Crippen MR) is 77.9 cm³/mol. The van der Waals surface area contributed by atoms with Crippen LogP contribution in [0.25, 0.3) is 11.4 Å². The smallest absolute Gasteiger partial charge is 0.305 e. The number of carboxylic acids is 1. The van der Waals surface area contributed by atoms with E-state index in [0.717, 1.165) is 5.56 Å². The Hall–Kier alpha value is -2.77. The molecule has 1 unspecified atom stereocenters. The Balaban J connectivity index is 2.07. The average Bonchev–Trinajstić information content (AvgIpc) is 3.02. The second kappa shape index (κ2) is 6.79. The van der Waals surface area contributed by atoms with Crippen LogP contribution in [0.5, 0.6) is 0 Å². The molecule has 1 amide bonds. The molecule has 2 rings (SSSR count). The summed E-state index contributed by atoms with van der Waals surface area (Å²) in [4.78, 5) is 25.3. The van der Waals surface area contributed by atoms with Gasteiger partial charge >= 0.3 is 5.97 Å². The molecule has 1 aromatic heterocycles. The van der Waals surface area contributed by atoms with Gasteiger partial charge in [0.2, 0.25) is 11.7 Å². The first-order chi connectivity index (χ1) is 10.5. The van der Waals surface area contributed by atoms with E-state index in [1.165, 1.54) is 9.70 Å². The standard InChI is InChI=1S/C14H17N5O3/c1-10(14(22)18(2)9-8-12(20)21)19-16-13(15-17-19)11-6-4-3-5-7-11/h3-7,10H,8-9H2,1-2H3,(H,20,21). The summed E-state index contributed by atoms with van der Waals surface area (Å²) in [5.74, 6) is -0.774. The third-order valence-corrected chi connectivity index (χ3v) is 3.20. The van der Waals surface area contributed by atoms with Crippen LogP contribution in [0.15, 0.2) is 30.3 Å². The first-order valence-electron chi connectivity index (χ1n) is 6.80. The van der Waals surface area contributed by atoms with Crippen molar-refractivity contribution in [3.63, 3.8) is 0 Å². The van der Waals surface area contributed by atoms with Crippen LogP contribution >= 0.6 is 0 Å². The number of nitrogens with zero attached hydrogens (tertiary/aromatic N) is 5. The van der Waals surface area contributed by atoms with Gasteiger partial charge in [0.25, 0.3) is 0 Å². The highest BCUT2D eigenvalue weighted by atomic mass is 16.4. The van der Waals surface area contributed by atoms with E-state index in [2.05, 4.69) is 15.4 Å². The number of likely N-dealkylation sites (N-methyl/N-ethyl adjacent to an activating group) is 1. The topological polar surface area (TPSA) is 101 Å². The number of carbonyl (C=O) groups is 2. The van der Waals surface area contributed by atoms with Crippen molar-refractivity contribution in [2.24, 2.45) is 0 Å². The van der Waals surface area contributed by atoms with Crippen molar-refractivity contribution in [2.75, 3.05) is 13.6 Å². The highest BCUT2D eigenvalue weighted by Gasteiger charge is 2.22. The Kier molecular flexibility index (Phi) is 4.82. The van der Waals surface area contributed by atoms with E-state index in [4.69, 9.17) is 5.11 Å². The summed E-state index contributed by atoms with van der Waals surface area (Å²) < 4.78 is 0. The first-order valence-corrected chi connectivity index (χ1v) is 6.80. The maximum absolute atomic E-state index is 12.2. The van der Waals surface area contributed by atoms with Crippen LogP contribution in [0, 0.1) is 0 Å². The van der Waals surface area contributed by atoms with Gasteiger partial charge in [-0.2, -0.15) is 4.80 Å². The van der Waals surface area contributed by atoms with Crippen LogP contribution < -0.4 is 0 Å². The van der Waals surface area contributed by atoms with Gasteiger partial charge in [-0.3, -0.25) is 9.59 Å². The molecule has 0 saturated carbocycles. The molecule has 2 aromatic rings. The molecule has 0 aliphatic carbocycles. The Morgan fingerprint density at radius 2 is 2.00 bits per heavy atom. The molecular weight excluding hydrogens is 286 g/mol. The summed E-state index contributed by atoms with van der Waals surface area (Å²) in [5, 5.41) is 20.7. The largest absolute Gasteiger partial charge is 0.481 e. The number of rotatable bonds is 6. The number of aromatic nitrogens is 4. The van der Waals surface area contributed by atoms with Gasteiger partial charge < -0.3 is 10.0 Å². The molecule has 22 heavy (non-hydrogen) atoms. The Labute approximate surface area is 127 Å². The SMILES string of the molecule is CC(C(=O)N(C)CCC(=O)O)n1nnc(-c2ccccc2)n1. The summed E-state index contributed by atoms with van der Waals surface area (Å²) in [5.41, 5.74) is 0.813. The normalized spacial score (nSPS) is 11.9. The number of carboxylic acid groups (broad SMARTS) is 1. The summed E-state index contributed by atoms with van der Waals surface area (Å²) in [6.07, 6.45) is -0.102. The zero-order chi connectivity index (χ0) is 16.1. The highest BCUT2D eigenvalue weighted by molar-refractivity contribution is 5.80. The number of carbonyl (C=O) groups excluding carboxylic acids is 1. The monoisotopic (exact) mass is 303 g/mol. The van der Waals surface area contributed by atoms with Gasteiger partial charge in [0.05, 0.1) is 6.42 Å². The number of hydrogen-bond acceptors (Lipinski definition) is 5. The van der Waals surface area contributed by atoms with Gasteiger partial charge in [-0.15, -0.1) is 10.2 Å². The van der Waals surface area contributed by atoms with Gasteiger partial charge in [0, 0.05) is 19.2 Å². The van der Waals surface area contributed by atoms with Crippen LogP contribution in [0.4, 0.5) is 0 Å². The van der Waals surface area contributed by atoms with E-state index in [9.17, 15) is 9.59 Å². The first kappa shape index (κ1) is 15.6. The fourth-order valence-electron chi connectivity index (χ4n) is 1.88. The molecule has 0 fully saturated rings. The Morgan fingerprint density at radius 1 is 1.32 bits per heavy atom. The zero-order valence-corrected chi connectivity index (χ0v) is 12.4. The van der Waals surface area contributed by atoms with E-state index < -0.39 is 12.0 Å². The maximum atomic E-state index is 12.2. The van der Waals surface area contributed by atoms with Crippen molar-refractivity contribution >= 4 is 11.9 Å². The van der Waals surface area contributed by atoms with E-state index in [0.29, 0.717) is 5.82 Å². The fourth-order valence-corrected chi connectivity index (χ4v) is 1.88. The lowest BCUT2D eigenvalue weighted by atomic mass is 10.2. The molecule has 1 heterocycles. The van der Waals surface area contributed by atoms with Crippen molar-refractivity contribution in [3.8, 4) is 11.4 Å².